The molecule has 1 aliphatic carbocycles. The van der Waals surface area contributed by atoms with E-state index >= 15 is 0 Å². The lowest BCUT2D eigenvalue weighted by molar-refractivity contribution is -0.142. The smallest absolute Gasteiger partial charge is 0.306 e. The fraction of sp³-hybridized carbons (Fsp3) is 0.733. The fourth-order valence-electron chi connectivity index (χ4n) is 3.35. The third kappa shape index (κ3) is 2.73. The van der Waals surface area contributed by atoms with Crippen LogP contribution in [-0.2, 0) is 19.1 Å². The highest BCUT2D eigenvalue weighted by molar-refractivity contribution is 5.91. The van der Waals surface area contributed by atoms with Gasteiger partial charge < -0.3 is 9.47 Å². The number of fused-ring (bicyclic) bond motifs is 1. The molecule has 0 aromatic rings. The molecule has 0 radical (unpaired) electrons. The number of esters is 1. The topological polar surface area (TPSA) is 52.6 Å². The summed E-state index contributed by atoms with van der Waals surface area (Å²) in [7, 11) is 0. The van der Waals surface area contributed by atoms with Gasteiger partial charge in [0, 0.05) is 11.8 Å². The second-order valence-corrected chi connectivity index (χ2v) is 5.79. The third-order valence-corrected chi connectivity index (χ3v) is 4.50. The van der Waals surface area contributed by atoms with Crippen molar-refractivity contribution in [2.75, 3.05) is 6.61 Å². The van der Waals surface area contributed by atoms with Gasteiger partial charge in [-0.3, -0.25) is 9.59 Å². The maximum atomic E-state index is 12.1. The van der Waals surface area contributed by atoms with E-state index in [0.717, 1.165) is 25.7 Å². The maximum absolute atomic E-state index is 12.1. The molecule has 1 saturated carbocycles. The van der Waals surface area contributed by atoms with Gasteiger partial charge in [0.15, 0.2) is 5.78 Å². The van der Waals surface area contributed by atoms with Crippen LogP contribution in [0.4, 0.5) is 0 Å². The van der Waals surface area contributed by atoms with Crippen LogP contribution < -0.4 is 0 Å². The maximum Gasteiger partial charge on any atom is 0.306 e. The van der Waals surface area contributed by atoms with Gasteiger partial charge in [-0.15, -0.1) is 0 Å². The lowest BCUT2D eigenvalue weighted by atomic mass is 9.86. The van der Waals surface area contributed by atoms with Crippen LogP contribution in [0.25, 0.3) is 0 Å². The molecule has 0 aromatic carbocycles. The van der Waals surface area contributed by atoms with Gasteiger partial charge in [-0.25, -0.2) is 0 Å². The Kier molecular flexibility index (Phi) is 3.69. The van der Waals surface area contributed by atoms with E-state index in [1.807, 2.05) is 6.08 Å². The minimum atomic E-state index is -0.143. The highest BCUT2D eigenvalue weighted by Gasteiger charge is 2.44. The second-order valence-electron chi connectivity index (χ2n) is 5.79. The average molecular weight is 264 g/mol. The average Bonchev–Trinajstić information content (AvgIpc) is 2.96. The van der Waals surface area contributed by atoms with E-state index in [1.165, 1.54) is 6.42 Å². The second kappa shape index (κ2) is 5.45. The Morgan fingerprint density at radius 1 is 1.21 bits per heavy atom. The zero-order valence-electron chi connectivity index (χ0n) is 11.0. The number of hydrogen-bond acceptors (Lipinski definition) is 4. The molecule has 3 rings (SSSR count). The predicted octanol–water partition coefficient (Wildman–Crippen LogP) is 2.02. The number of carbonyl (C=O) groups is 2. The van der Waals surface area contributed by atoms with Gasteiger partial charge in [0.05, 0.1) is 19.1 Å². The summed E-state index contributed by atoms with van der Waals surface area (Å²) in [5.41, 5.74) is 0. The molecule has 4 nitrogen and oxygen atoms in total. The molecular weight excluding hydrogens is 244 g/mol. The molecule has 0 spiro atoms. The van der Waals surface area contributed by atoms with Gasteiger partial charge in [0.2, 0.25) is 0 Å². The summed E-state index contributed by atoms with van der Waals surface area (Å²) >= 11 is 0. The molecule has 0 aromatic heterocycles. The first kappa shape index (κ1) is 12.9. The number of ether oxygens (including phenoxy) is 2. The summed E-state index contributed by atoms with van der Waals surface area (Å²) in [6.45, 7) is 0.461. The number of ketones is 1. The zero-order valence-corrected chi connectivity index (χ0v) is 11.0. The van der Waals surface area contributed by atoms with Crippen LogP contribution in [0.2, 0.25) is 0 Å². The summed E-state index contributed by atoms with van der Waals surface area (Å²) in [5.74, 6) is 0.374. The van der Waals surface area contributed by atoms with Crippen molar-refractivity contribution in [2.24, 2.45) is 11.8 Å². The number of carbonyl (C=O) groups excluding carboxylic acids is 2. The van der Waals surface area contributed by atoms with E-state index in [4.69, 9.17) is 9.47 Å². The van der Waals surface area contributed by atoms with Crippen molar-refractivity contribution >= 4 is 11.8 Å². The highest BCUT2D eigenvalue weighted by atomic mass is 16.6. The van der Waals surface area contributed by atoms with Gasteiger partial charge >= 0.3 is 5.97 Å². The molecule has 4 heteroatoms. The van der Waals surface area contributed by atoms with Crippen LogP contribution in [-0.4, -0.2) is 30.6 Å². The Balaban J connectivity index is 1.57. The van der Waals surface area contributed by atoms with E-state index in [1.54, 1.807) is 6.08 Å². The van der Waals surface area contributed by atoms with Crippen LogP contribution in [0.5, 0.6) is 0 Å². The fourth-order valence-corrected chi connectivity index (χ4v) is 3.35. The Hall–Kier alpha value is -1.16. The van der Waals surface area contributed by atoms with Gasteiger partial charge in [-0.1, -0.05) is 25.3 Å². The molecule has 0 bridgehead atoms. The van der Waals surface area contributed by atoms with Crippen molar-refractivity contribution in [3.05, 3.63) is 12.2 Å². The SMILES string of the molecule is O=C1C[C@H]2[C@H](CO[C@@H]2C=CC(=O)C2CCCCC2)O1. The quantitative estimate of drug-likeness (QED) is 0.578. The molecule has 19 heavy (non-hydrogen) atoms. The number of hydrogen-bond donors (Lipinski definition) is 0. The van der Waals surface area contributed by atoms with E-state index in [0.29, 0.717) is 13.0 Å². The predicted molar refractivity (Wildman–Crippen MR) is 68.4 cm³/mol. The molecule has 2 aliphatic heterocycles. The first-order chi connectivity index (χ1) is 9.24. The first-order valence-electron chi connectivity index (χ1n) is 7.27. The standard InChI is InChI=1S/C15H20O4/c16-12(10-4-2-1-3-5-10)6-7-13-11-8-15(17)19-14(11)9-18-13/h6-7,10-11,13-14H,1-5,8-9H2/t11-,13-,14+/m1/s1. The molecule has 2 heterocycles. The largest absolute Gasteiger partial charge is 0.459 e. The molecule has 0 N–H and O–H groups in total. The monoisotopic (exact) mass is 264 g/mol. The third-order valence-electron chi connectivity index (χ3n) is 4.50. The van der Waals surface area contributed by atoms with Crippen LogP contribution in [0.3, 0.4) is 0 Å². The summed E-state index contributed by atoms with van der Waals surface area (Å²) in [6.07, 6.45) is 9.30. The van der Waals surface area contributed by atoms with E-state index < -0.39 is 0 Å². The minimum Gasteiger partial charge on any atom is -0.459 e. The van der Waals surface area contributed by atoms with Crippen molar-refractivity contribution in [2.45, 2.75) is 50.7 Å². The summed E-state index contributed by atoms with van der Waals surface area (Å²) in [5, 5.41) is 0. The molecule has 0 unspecified atom stereocenters. The summed E-state index contributed by atoms with van der Waals surface area (Å²) in [4.78, 5) is 23.3. The first-order valence-corrected chi connectivity index (χ1v) is 7.27. The van der Waals surface area contributed by atoms with Crippen molar-refractivity contribution < 1.29 is 19.1 Å². The molecule has 3 fully saturated rings. The van der Waals surface area contributed by atoms with Gasteiger partial charge in [-0.05, 0) is 18.9 Å². The van der Waals surface area contributed by atoms with Gasteiger partial charge in [-0.2, -0.15) is 0 Å². The Morgan fingerprint density at radius 2 is 2.00 bits per heavy atom. The normalized spacial score (nSPS) is 35.6. The van der Waals surface area contributed by atoms with Crippen molar-refractivity contribution in [3.8, 4) is 0 Å². The van der Waals surface area contributed by atoms with Gasteiger partial charge in [0.1, 0.15) is 6.10 Å². The molecule has 104 valence electrons. The minimum absolute atomic E-state index is 0.0999. The van der Waals surface area contributed by atoms with Crippen LogP contribution in [0.1, 0.15) is 38.5 Å². The number of allylic oxidation sites excluding steroid dienone is 1. The lowest BCUT2D eigenvalue weighted by Gasteiger charge is -2.18. The molecule has 0 amide bonds. The number of rotatable bonds is 3. The Labute approximate surface area is 113 Å². The van der Waals surface area contributed by atoms with Crippen molar-refractivity contribution in [1.29, 1.82) is 0 Å². The van der Waals surface area contributed by atoms with Crippen molar-refractivity contribution in [3.63, 3.8) is 0 Å². The summed E-state index contributed by atoms with van der Waals surface area (Å²) in [6, 6.07) is 0. The van der Waals surface area contributed by atoms with Crippen molar-refractivity contribution in [1.82, 2.24) is 0 Å². The Bertz CT molecular complexity index is 395. The van der Waals surface area contributed by atoms with E-state index in [9.17, 15) is 9.59 Å². The summed E-state index contributed by atoms with van der Waals surface area (Å²) < 4.78 is 10.7. The van der Waals surface area contributed by atoms with E-state index in [-0.39, 0.29) is 35.8 Å². The molecule has 3 atom stereocenters. The van der Waals surface area contributed by atoms with Gasteiger partial charge in [0.25, 0.3) is 0 Å². The van der Waals surface area contributed by atoms with Crippen LogP contribution in [0, 0.1) is 11.8 Å². The van der Waals surface area contributed by atoms with Crippen LogP contribution in [0.15, 0.2) is 12.2 Å². The Morgan fingerprint density at radius 3 is 2.79 bits per heavy atom. The lowest BCUT2D eigenvalue weighted by Crippen LogP contribution is -2.19. The van der Waals surface area contributed by atoms with Crippen LogP contribution >= 0.6 is 0 Å². The molecular formula is C15H20O4. The van der Waals surface area contributed by atoms with E-state index in [2.05, 4.69) is 0 Å². The molecule has 2 saturated heterocycles. The molecule has 3 aliphatic rings. The highest BCUT2D eigenvalue weighted by Crippen LogP contribution is 2.34. The zero-order chi connectivity index (χ0) is 13.2.